The SMILES string of the molecule is O=S(=O)(NC1CCC(Br)CC1)c1ccccc1Cl. The van der Waals surface area contributed by atoms with Crippen molar-refractivity contribution in [3.05, 3.63) is 29.3 Å². The van der Waals surface area contributed by atoms with Crippen LogP contribution >= 0.6 is 27.5 Å². The van der Waals surface area contributed by atoms with Gasteiger partial charge >= 0.3 is 0 Å². The van der Waals surface area contributed by atoms with Crippen LogP contribution in [0.3, 0.4) is 0 Å². The van der Waals surface area contributed by atoms with Crippen molar-refractivity contribution in [2.45, 2.75) is 41.4 Å². The lowest BCUT2D eigenvalue weighted by atomic mass is 9.96. The third-order valence-electron chi connectivity index (χ3n) is 3.10. The third kappa shape index (κ3) is 3.47. The molecule has 0 heterocycles. The van der Waals surface area contributed by atoms with Crippen molar-refractivity contribution >= 4 is 37.6 Å². The van der Waals surface area contributed by atoms with Crippen LogP contribution in [-0.4, -0.2) is 19.3 Å². The zero-order chi connectivity index (χ0) is 13.2. The molecule has 1 fully saturated rings. The highest BCUT2D eigenvalue weighted by molar-refractivity contribution is 9.09. The van der Waals surface area contributed by atoms with E-state index in [0.29, 0.717) is 4.83 Å². The second-order valence-electron chi connectivity index (χ2n) is 4.50. The molecule has 0 unspecified atom stereocenters. The van der Waals surface area contributed by atoms with E-state index < -0.39 is 10.0 Å². The second kappa shape index (κ2) is 5.90. The minimum atomic E-state index is -3.51. The molecule has 2 rings (SSSR count). The molecule has 1 aliphatic carbocycles. The van der Waals surface area contributed by atoms with Crippen LogP contribution in [0.2, 0.25) is 5.02 Å². The van der Waals surface area contributed by atoms with E-state index in [2.05, 4.69) is 20.7 Å². The van der Waals surface area contributed by atoms with Crippen molar-refractivity contribution in [1.82, 2.24) is 4.72 Å². The Hall–Kier alpha value is -0.100. The number of nitrogens with one attached hydrogen (secondary N) is 1. The summed E-state index contributed by atoms with van der Waals surface area (Å²) < 4.78 is 27.1. The standard InChI is InChI=1S/C12H15BrClNO2S/c13-9-5-7-10(8-6-9)15-18(16,17)12-4-2-1-3-11(12)14/h1-4,9-10,15H,5-8H2. The number of rotatable bonds is 3. The maximum atomic E-state index is 12.2. The molecule has 0 bridgehead atoms. The van der Waals surface area contributed by atoms with Gasteiger partial charge in [0.05, 0.1) is 5.02 Å². The average Bonchev–Trinajstić information content (AvgIpc) is 2.32. The Morgan fingerprint density at radius 2 is 1.78 bits per heavy atom. The molecule has 18 heavy (non-hydrogen) atoms. The molecular formula is C12H15BrClNO2S. The number of hydrogen-bond donors (Lipinski definition) is 1. The van der Waals surface area contributed by atoms with Crippen molar-refractivity contribution in [2.24, 2.45) is 0 Å². The van der Waals surface area contributed by atoms with Gasteiger partial charge in [-0.05, 0) is 37.8 Å². The highest BCUT2D eigenvalue weighted by atomic mass is 79.9. The fourth-order valence-corrected chi connectivity index (χ4v) is 4.47. The van der Waals surface area contributed by atoms with Crippen molar-refractivity contribution in [3.8, 4) is 0 Å². The lowest BCUT2D eigenvalue weighted by molar-refractivity contribution is 0.423. The summed E-state index contributed by atoms with van der Waals surface area (Å²) in [5.41, 5.74) is 0. The van der Waals surface area contributed by atoms with Gasteiger partial charge in [-0.15, -0.1) is 0 Å². The van der Waals surface area contributed by atoms with E-state index in [0.717, 1.165) is 25.7 Å². The molecule has 1 aromatic rings. The van der Waals surface area contributed by atoms with E-state index in [1.807, 2.05) is 0 Å². The summed E-state index contributed by atoms with van der Waals surface area (Å²) in [4.78, 5) is 0.672. The summed E-state index contributed by atoms with van der Waals surface area (Å²) in [6, 6.07) is 6.53. The van der Waals surface area contributed by atoms with Crippen LogP contribution < -0.4 is 4.72 Å². The average molecular weight is 353 g/mol. The first kappa shape index (κ1) is 14.3. The summed E-state index contributed by atoms with van der Waals surface area (Å²) in [6.45, 7) is 0. The molecule has 1 N–H and O–H groups in total. The highest BCUT2D eigenvalue weighted by Crippen LogP contribution is 2.26. The van der Waals surface area contributed by atoms with Gasteiger partial charge in [0.25, 0.3) is 0 Å². The van der Waals surface area contributed by atoms with Crippen LogP contribution in [0, 0.1) is 0 Å². The lowest BCUT2D eigenvalue weighted by Crippen LogP contribution is -2.37. The number of hydrogen-bond acceptors (Lipinski definition) is 2. The topological polar surface area (TPSA) is 46.2 Å². The molecule has 0 spiro atoms. The predicted molar refractivity (Wildman–Crippen MR) is 76.7 cm³/mol. The highest BCUT2D eigenvalue weighted by Gasteiger charge is 2.25. The van der Waals surface area contributed by atoms with Crippen LogP contribution in [0.1, 0.15) is 25.7 Å². The normalized spacial score (nSPS) is 25.0. The van der Waals surface area contributed by atoms with E-state index in [1.165, 1.54) is 6.07 Å². The largest absolute Gasteiger partial charge is 0.242 e. The first-order valence-electron chi connectivity index (χ1n) is 5.90. The molecule has 0 atom stereocenters. The van der Waals surface area contributed by atoms with E-state index >= 15 is 0 Å². The number of benzene rings is 1. The van der Waals surface area contributed by atoms with Gasteiger partial charge in [-0.2, -0.15) is 0 Å². The number of alkyl halides is 1. The summed E-state index contributed by atoms with van der Waals surface area (Å²) in [6.07, 6.45) is 3.71. The van der Waals surface area contributed by atoms with Gasteiger partial charge in [-0.1, -0.05) is 39.7 Å². The van der Waals surface area contributed by atoms with Crippen molar-refractivity contribution in [2.75, 3.05) is 0 Å². The van der Waals surface area contributed by atoms with Crippen LogP contribution in [0.4, 0.5) is 0 Å². The molecule has 1 aliphatic rings. The van der Waals surface area contributed by atoms with Gasteiger partial charge in [-0.25, -0.2) is 13.1 Å². The predicted octanol–water partition coefficient (Wildman–Crippen LogP) is 3.32. The zero-order valence-corrected chi connectivity index (χ0v) is 12.9. The van der Waals surface area contributed by atoms with Gasteiger partial charge < -0.3 is 0 Å². The minimum Gasteiger partial charge on any atom is -0.208 e. The number of sulfonamides is 1. The molecule has 1 saturated carbocycles. The second-order valence-corrected chi connectivity index (χ2v) is 7.89. The number of halogens is 2. The van der Waals surface area contributed by atoms with Gasteiger partial charge in [0, 0.05) is 10.9 Å². The van der Waals surface area contributed by atoms with Crippen LogP contribution in [0.5, 0.6) is 0 Å². The Labute approximate surface area is 121 Å². The maximum absolute atomic E-state index is 12.2. The molecule has 100 valence electrons. The molecule has 0 aliphatic heterocycles. The van der Waals surface area contributed by atoms with Gasteiger partial charge in [0.15, 0.2) is 0 Å². The van der Waals surface area contributed by atoms with E-state index in [4.69, 9.17) is 11.6 Å². The van der Waals surface area contributed by atoms with Crippen molar-refractivity contribution < 1.29 is 8.42 Å². The maximum Gasteiger partial charge on any atom is 0.242 e. The van der Waals surface area contributed by atoms with Crippen LogP contribution in [-0.2, 0) is 10.0 Å². The smallest absolute Gasteiger partial charge is 0.208 e. The van der Waals surface area contributed by atoms with Crippen molar-refractivity contribution in [3.63, 3.8) is 0 Å². The Balaban J connectivity index is 2.11. The molecule has 0 saturated heterocycles. The Morgan fingerprint density at radius 3 is 2.39 bits per heavy atom. The minimum absolute atomic E-state index is 0.0140. The fourth-order valence-electron chi connectivity index (χ4n) is 2.12. The Bertz CT molecular complexity index is 513. The zero-order valence-electron chi connectivity index (χ0n) is 9.77. The van der Waals surface area contributed by atoms with E-state index in [9.17, 15) is 8.42 Å². The molecule has 0 amide bonds. The summed E-state index contributed by atoms with van der Waals surface area (Å²) in [5, 5.41) is 0.263. The Kier molecular flexibility index (Phi) is 4.69. The van der Waals surface area contributed by atoms with Crippen LogP contribution in [0.25, 0.3) is 0 Å². The lowest BCUT2D eigenvalue weighted by Gasteiger charge is -2.25. The molecule has 3 nitrogen and oxygen atoms in total. The van der Waals surface area contributed by atoms with Crippen molar-refractivity contribution in [1.29, 1.82) is 0 Å². The van der Waals surface area contributed by atoms with Crippen LogP contribution in [0.15, 0.2) is 29.2 Å². The van der Waals surface area contributed by atoms with Gasteiger partial charge in [-0.3, -0.25) is 0 Å². The molecule has 6 heteroatoms. The summed E-state index contributed by atoms with van der Waals surface area (Å²) in [5.74, 6) is 0. The fraction of sp³-hybridized carbons (Fsp3) is 0.500. The van der Waals surface area contributed by atoms with Gasteiger partial charge in [0.1, 0.15) is 4.90 Å². The first-order valence-corrected chi connectivity index (χ1v) is 8.67. The monoisotopic (exact) mass is 351 g/mol. The van der Waals surface area contributed by atoms with E-state index in [-0.39, 0.29) is 16.0 Å². The quantitative estimate of drug-likeness (QED) is 0.848. The van der Waals surface area contributed by atoms with Gasteiger partial charge in [0.2, 0.25) is 10.0 Å². The molecular weight excluding hydrogens is 338 g/mol. The first-order chi connectivity index (χ1) is 8.49. The molecule has 1 aromatic carbocycles. The Morgan fingerprint density at radius 1 is 1.17 bits per heavy atom. The van der Waals surface area contributed by atoms with E-state index in [1.54, 1.807) is 18.2 Å². The summed E-state index contributed by atoms with van der Waals surface area (Å²) in [7, 11) is -3.51. The summed E-state index contributed by atoms with van der Waals surface area (Å²) >= 11 is 9.48. The molecule has 0 radical (unpaired) electrons. The third-order valence-corrected chi connectivity index (χ3v) is 6.04. The molecule has 0 aromatic heterocycles.